The number of hydrogen-bond acceptors (Lipinski definition) is 4. The van der Waals surface area contributed by atoms with Crippen molar-refractivity contribution in [3.8, 4) is 5.75 Å². The van der Waals surface area contributed by atoms with Gasteiger partial charge in [0.2, 0.25) is 5.82 Å². The lowest BCUT2D eigenvalue weighted by molar-refractivity contribution is -0.387. The summed E-state index contributed by atoms with van der Waals surface area (Å²) in [5, 5.41) is 10.5. The van der Waals surface area contributed by atoms with Gasteiger partial charge in [0.1, 0.15) is 5.75 Å². The van der Waals surface area contributed by atoms with E-state index in [2.05, 4.69) is 26.5 Å². The minimum absolute atomic E-state index is 0.0542. The molecule has 0 fully saturated rings. The van der Waals surface area contributed by atoms with Crippen LogP contribution in [-0.2, 0) is 0 Å². The fourth-order valence-corrected chi connectivity index (χ4v) is 2.22. The van der Waals surface area contributed by atoms with Gasteiger partial charge in [0.25, 0.3) is 0 Å². The maximum absolute atomic E-state index is 13.4. The number of hydrogen-bond donors (Lipinski definition) is 1. The molecule has 0 unspecified atom stereocenters. The number of thiol groups is 1. The van der Waals surface area contributed by atoms with Crippen LogP contribution >= 0.6 is 12.6 Å². The van der Waals surface area contributed by atoms with Crippen LogP contribution in [-0.4, -0.2) is 17.3 Å². The summed E-state index contributed by atoms with van der Waals surface area (Å²) in [5.74, 6) is 0.0956. The number of nitro groups is 1. The first-order valence-corrected chi connectivity index (χ1v) is 6.79. The Morgan fingerprint density at radius 1 is 1.42 bits per heavy atom. The average molecular weight is 287 g/mol. The van der Waals surface area contributed by atoms with Crippen LogP contribution in [0.25, 0.3) is 0 Å². The van der Waals surface area contributed by atoms with Gasteiger partial charge in [-0.1, -0.05) is 13.8 Å². The normalized spacial score (nSPS) is 11.4. The second-order valence-electron chi connectivity index (χ2n) is 4.52. The molecule has 0 heterocycles. The summed E-state index contributed by atoms with van der Waals surface area (Å²) in [7, 11) is 0. The molecule has 0 aliphatic carbocycles. The third-order valence-corrected chi connectivity index (χ3v) is 4.17. The SMILES string of the molecule is CCC(CC)(CS)COc1ccc([N+](=O)[O-])c(F)c1. The summed E-state index contributed by atoms with van der Waals surface area (Å²) in [6, 6.07) is 3.58. The molecule has 0 saturated carbocycles. The van der Waals surface area contributed by atoms with Gasteiger partial charge in [-0.15, -0.1) is 0 Å². The Morgan fingerprint density at radius 2 is 2.05 bits per heavy atom. The lowest BCUT2D eigenvalue weighted by atomic mass is 9.85. The predicted molar refractivity (Wildman–Crippen MR) is 75.4 cm³/mol. The molecule has 0 bridgehead atoms. The zero-order valence-electron chi connectivity index (χ0n) is 11.1. The van der Waals surface area contributed by atoms with E-state index >= 15 is 0 Å². The third kappa shape index (κ3) is 3.83. The Kier molecular flexibility index (Phi) is 5.60. The largest absolute Gasteiger partial charge is 0.493 e. The molecule has 0 aromatic heterocycles. The number of rotatable bonds is 7. The molecule has 0 atom stereocenters. The van der Waals surface area contributed by atoms with Gasteiger partial charge < -0.3 is 4.74 Å². The van der Waals surface area contributed by atoms with Crippen molar-refractivity contribution in [2.75, 3.05) is 12.4 Å². The fraction of sp³-hybridized carbons (Fsp3) is 0.538. The van der Waals surface area contributed by atoms with E-state index < -0.39 is 16.4 Å². The highest BCUT2D eigenvalue weighted by Gasteiger charge is 2.25. The lowest BCUT2D eigenvalue weighted by Gasteiger charge is -2.29. The van der Waals surface area contributed by atoms with Crippen LogP contribution in [0.1, 0.15) is 26.7 Å². The van der Waals surface area contributed by atoms with Crippen molar-refractivity contribution in [1.29, 1.82) is 0 Å². The van der Waals surface area contributed by atoms with Crippen molar-refractivity contribution in [3.05, 3.63) is 34.1 Å². The number of nitro benzene ring substituents is 1. The van der Waals surface area contributed by atoms with Crippen LogP contribution in [0.15, 0.2) is 18.2 Å². The van der Waals surface area contributed by atoms with Crippen LogP contribution in [0.4, 0.5) is 10.1 Å². The predicted octanol–water partition coefficient (Wildman–Crippen LogP) is 3.85. The van der Waals surface area contributed by atoms with Crippen molar-refractivity contribution >= 4 is 18.3 Å². The molecular weight excluding hydrogens is 269 g/mol. The molecule has 1 aromatic carbocycles. The van der Waals surface area contributed by atoms with Gasteiger partial charge in [-0.05, 0) is 24.7 Å². The lowest BCUT2D eigenvalue weighted by Crippen LogP contribution is -2.29. The zero-order chi connectivity index (χ0) is 14.5. The molecule has 0 radical (unpaired) electrons. The van der Waals surface area contributed by atoms with Gasteiger partial charge in [0.05, 0.1) is 11.5 Å². The van der Waals surface area contributed by atoms with E-state index in [0.29, 0.717) is 18.1 Å². The summed E-state index contributed by atoms with van der Waals surface area (Å²) >= 11 is 4.33. The summed E-state index contributed by atoms with van der Waals surface area (Å²) in [5.41, 5.74) is -0.597. The van der Waals surface area contributed by atoms with Crippen LogP contribution in [0.5, 0.6) is 5.75 Å². The maximum Gasteiger partial charge on any atom is 0.305 e. The van der Waals surface area contributed by atoms with Crippen LogP contribution < -0.4 is 4.74 Å². The molecule has 0 saturated heterocycles. The molecule has 0 spiro atoms. The van der Waals surface area contributed by atoms with Gasteiger partial charge in [-0.2, -0.15) is 17.0 Å². The van der Waals surface area contributed by atoms with E-state index in [1.807, 2.05) is 0 Å². The molecule has 1 rings (SSSR count). The van der Waals surface area contributed by atoms with Crippen LogP contribution in [0.3, 0.4) is 0 Å². The summed E-state index contributed by atoms with van der Waals surface area (Å²) < 4.78 is 19.0. The first kappa shape index (κ1) is 15.8. The summed E-state index contributed by atoms with van der Waals surface area (Å²) in [4.78, 5) is 9.75. The average Bonchev–Trinajstić information content (AvgIpc) is 2.40. The first-order valence-electron chi connectivity index (χ1n) is 6.15. The van der Waals surface area contributed by atoms with E-state index in [1.165, 1.54) is 6.07 Å². The van der Waals surface area contributed by atoms with Gasteiger partial charge in [-0.3, -0.25) is 10.1 Å². The highest BCUT2D eigenvalue weighted by atomic mass is 32.1. The van der Waals surface area contributed by atoms with Crippen molar-refractivity contribution in [2.24, 2.45) is 5.41 Å². The number of ether oxygens (including phenoxy) is 1. The standard InChI is InChI=1S/C13H18FNO3S/c1-3-13(4-2,9-19)8-18-10-5-6-12(15(16)17)11(14)7-10/h5-7,19H,3-4,8-9H2,1-2H3. The van der Waals surface area contributed by atoms with Crippen molar-refractivity contribution in [1.82, 2.24) is 0 Å². The van der Waals surface area contributed by atoms with Crippen molar-refractivity contribution in [3.63, 3.8) is 0 Å². The van der Waals surface area contributed by atoms with Gasteiger partial charge in [0, 0.05) is 17.5 Å². The maximum atomic E-state index is 13.4. The van der Waals surface area contributed by atoms with E-state index in [1.54, 1.807) is 0 Å². The second kappa shape index (κ2) is 6.75. The molecule has 106 valence electrons. The Hall–Kier alpha value is -1.30. The van der Waals surface area contributed by atoms with Crippen LogP contribution in [0.2, 0.25) is 0 Å². The quantitative estimate of drug-likeness (QED) is 0.471. The molecule has 1 aromatic rings. The fourth-order valence-electron chi connectivity index (χ4n) is 1.69. The minimum atomic E-state index is -0.882. The molecular formula is C13H18FNO3S. The van der Waals surface area contributed by atoms with E-state index in [0.717, 1.165) is 25.0 Å². The number of nitrogens with zero attached hydrogens (tertiary/aromatic N) is 1. The molecule has 0 aliphatic rings. The van der Waals surface area contributed by atoms with E-state index in [4.69, 9.17) is 4.74 Å². The highest BCUT2D eigenvalue weighted by Crippen LogP contribution is 2.30. The Balaban J connectivity index is 2.78. The van der Waals surface area contributed by atoms with Gasteiger partial charge in [0.15, 0.2) is 0 Å². The molecule has 0 amide bonds. The first-order chi connectivity index (χ1) is 8.98. The van der Waals surface area contributed by atoms with E-state index in [9.17, 15) is 14.5 Å². The smallest absolute Gasteiger partial charge is 0.305 e. The molecule has 0 aliphatic heterocycles. The Bertz CT molecular complexity index is 441. The monoisotopic (exact) mass is 287 g/mol. The Morgan fingerprint density at radius 3 is 2.47 bits per heavy atom. The topological polar surface area (TPSA) is 52.4 Å². The Labute approximate surface area is 117 Å². The highest BCUT2D eigenvalue weighted by molar-refractivity contribution is 7.80. The number of halogens is 1. The number of benzene rings is 1. The molecule has 4 nitrogen and oxygen atoms in total. The van der Waals surface area contributed by atoms with Gasteiger partial charge >= 0.3 is 5.69 Å². The van der Waals surface area contributed by atoms with E-state index in [-0.39, 0.29) is 5.41 Å². The molecule has 6 heteroatoms. The summed E-state index contributed by atoms with van der Waals surface area (Å²) in [6.07, 6.45) is 1.81. The summed E-state index contributed by atoms with van der Waals surface area (Å²) in [6.45, 7) is 4.53. The molecule has 0 N–H and O–H groups in total. The van der Waals surface area contributed by atoms with Gasteiger partial charge in [-0.25, -0.2) is 0 Å². The minimum Gasteiger partial charge on any atom is -0.493 e. The molecule has 19 heavy (non-hydrogen) atoms. The van der Waals surface area contributed by atoms with Crippen molar-refractivity contribution < 1.29 is 14.1 Å². The second-order valence-corrected chi connectivity index (χ2v) is 4.84. The van der Waals surface area contributed by atoms with Crippen LogP contribution in [0, 0.1) is 21.3 Å². The third-order valence-electron chi connectivity index (χ3n) is 3.50. The van der Waals surface area contributed by atoms with Crippen molar-refractivity contribution in [2.45, 2.75) is 26.7 Å². The zero-order valence-corrected chi connectivity index (χ0v) is 12.0.